The van der Waals surface area contributed by atoms with Crippen LogP contribution in [0.15, 0.2) is 30.3 Å². The van der Waals surface area contributed by atoms with Crippen LogP contribution in [0.1, 0.15) is 30.9 Å². The van der Waals surface area contributed by atoms with E-state index in [9.17, 15) is 0 Å². The van der Waals surface area contributed by atoms with Gasteiger partial charge in [0.05, 0.1) is 19.3 Å². The number of methoxy groups -OCH3 is 1. The summed E-state index contributed by atoms with van der Waals surface area (Å²) >= 11 is 0. The fraction of sp³-hybridized carbons (Fsp3) is 0.647. The highest BCUT2D eigenvalue weighted by atomic mass is 16.5. The van der Waals surface area contributed by atoms with E-state index in [1.54, 1.807) is 7.11 Å². The van der Waals surface area contributed by atoms with E-state index in [4.69, 9.17) is 14.2 Å². The van der Waals surface area contributed by atoms with Crippen LogP contribution in [0.3, 0.4) is 0 Å². The summed E-state index contributed by atoms with van der Waals surface area (Å²) in [6.07, 6.45) is 3.63. The molecule has 1 aromatic carbocycles. The summed E-state index contributed by atoms with van der Waals surface area (Å²) in [4.78, 5) is 0. The Labute approximate surface area is 127 Å². The molecule has 2 rings (SSSR count). The Morgan fingerprint density at radius 2 is 1.90 bits per heavy atom. The second-order valence-electron chi connectivity index (χ2n) is 5.41. The Balaban J connectivity index is 1.66. The van der Waals surface area contributed by atoms with Crippen molar-refractivity contribution in [2.24, 2.45) is 0 Å². The van der Waals surface area contributed by atoms with Crippen molar-refractivity contribution in [3.8, 4) is 0 Å². The molecule has 0 heterocycles. The van der Waals surface area contributed by atoms with Crippen LogP contribution in [0, 0.1) is 0 Å². The molecule has 0 spiro atoms. The molecular formula is C17H27NO3. The summed E-state index contributed by atoms with van der Waals surface area (Å²) < 4.78 is 16.5. The monoisotopic (exact) mass is 293 g/mol. The number of hydrogen-bond acceptors (Lipinski definition) is 4. The molecule has 4 nitrogen and oxygen atoms in total. The number of ether oxygens (including phenoxy) is 3. The Morgan fingerprint density at radius 1 is 1.10 bits per heavy atom. The van der Waals surface area contributed by atoms with E-state index >= 15 is 0 Å². The maximum atomic E-state index is 5.99. The highest BCUT2D eigenvalue weighted by molar-refractivity contribution is 5.18. The zero-order valence-corrected chi connectivity index (χ0v) is 12.9. The van der Waals surface area contributed by atoms with E-state index < -0.39 is 0 Å². The van der Waals surface area contributed by atoms with Gasteiger partial charge in [-0.05, 0) is 24.8 Å². The standard InChI is InChI=1S/C17H27NO3/c1-19-10-5-11-20-12-13-21-17(14-18-16-8-9-16)15-6-3-2-4-7-15/h2-4,6-7,16-18H,5,8-14H2,1H3. The predicted octanol–water partition coefficient (Wildman–Crippen LogP) is 2.55. The summed E-state index contributed by atoms with van der Waals surface area (Å²) in [5.41, 5.74) is 1.23. The van der Waals surface area contributed by atoms with Gasteiger partial charge in [0.1, 0.15) is 0 Å². The minimum absolute atomic E-state index is 0.106. The molecule has 21 heavy (non-hydrogen) atoms. The van der Waals surface area contributed by atoms with Crippen molar-refractivity contribution >= 4 is 0 Å². The van der Waals surface area contributed by atoms with Crippen LogP contribution in [-0.4, -0.2) is 46.1 Å². The Bertz CT molecular complexity index is 368. The van der Waals surface area contributed by atoms with Gasteiger partial charge in [-0.3, -0.25) is 0 Å². The third-order valence-corrected chi connectivity index (χ3v) is 3.52. The molecule has 1 aliphatic carbocycles. The lowest BCUT2D eigenvalue weighted by molar-refractivity contribution is 0.000628. The molecule has 1 atom stereocenters. The van der Waals surface area contributed by atoms with Gasteiger partial charge in [0.2, 0.25) is 0 Å². The van der Waals surface area contributed by atoms with E-state index in [1.165, 1.54) is 18.4 Å². The lowest BCUT2D eigenvalue weighted by Crippen LogP contribution is -2.26. The average Bonchev–Trinajstić information content (AvgIpc) is 3.34. The summed E-state index contributed by atoms with van der Waals surface area (Å²) in [6, 6.07) is 11.1. The molecule has 0 saturated heterocycles. The van der Waals surface area contributed by atoms with E-state index in [0.717, 1.165) is 26.2 Å². The van der Waals surface area contributed by atoms with Crippen molar-refractivity contribution in [3.05, 3.63) is 35.9 Å². The molecule has 118 valence electrons. The van der Waals surface area contributed by atoms with Gasteiger partial charge in [0.15, 0.2) is 0 Å². The van der Waals surface area contributed by atoms with Gasteiger partial charge in [0, 0.05) is 32.9 Å². The lowest BCUT2D eigenvalue weighted by Gasteiger charge is -2.19. The molecule has 0 amide bonds. The minimum Gasteiger partial charge on any atom is -0.385 e. The third kappa shape index (κ3) is 7.05. The van der Waals surface area contributed by atoms with Crippen LogP contribution in [0.2, 0.25) is 0 Å². The molecule has 1 saturated carbocycles. The number of hydrogen-bond donors (Lipinski definition) is 1. The first-order valence-electron chi connectivity index (χ1n) is 7.86. The smallest absolute Gasteiger partial charge is 0.0950 e. The summed E-state index contributed by atoms with van der Waals surface area (Å²) in [6.45, 7) is 3.61. The Kier molecular flexibility index (Phi) is 7.75. The average molecular weight is 293 g/mol. The van der Waals surface area contributed by atoms with Gasteiger partial charge in [-0.2, -0.15) is 0 Å². The van der Waals surface area contributed by atoms with Crippen LogP contribution >= 0.6 is 0 Å². The normalized spacial score (nSPS) is 16.0. The van der Waals surface area contributed by atoms with E-state index in [2.05, 4.69) is 29.6 Å². The quantitative estimate of drug-likeness (QED) is 0.601. The second kappa shape index (κ2) is 9.90. The highest BCUT2D eigenvalue weighted by Gasteiger charge is 2.22. The summed E-state index contributed by atoms with van der Waals surface area (Å²) in [7, 11) is 1.71. The molecule has 0 radical (unpaired) electrons. The maximum Gasteiger partial charge on any atom is 0.0950 e. The van der Waals surface area contributed by atoms with Crippen molar-refractivity contribution in [1.29, 1.82) is 0 Å². The SMILES string of the molecule is COCCCOCCOC(CNC1CC1)c1ccccc1. The van der Waals surface area contributed by atoms with E-state index in [1.807, 2.05) is 6.07 Å². The maximum absolute atomic E-state index is 5.99. The number of nitrogens with one attached hydrogen (secondary N) is 1. The Hall–Kier alpha value is -0.940. The first-order chi connectivity index (χ1) is 10.4. The molecule has 0 aromatic heterocycles. The summed E-state index contributed by atoms with van der Waals surface area (Å²) in [5, 5.41) is 3.54. The first kappa shape index (κ1) is 16.4. The van der Waals surface area contributed by atoms with Gasteiger partial charge in [0.25, 0.3) is 0 Å². The molecule has 1 N–H and O–H groups in total. The molecular weight excluding hydrogens is 266 g/mol. The van der Waals surface area contributed by atoms with Crippen molar-refractivity contribution in [2.45, 2.75) is 31.4 Å². The zero-order valence-electron chi connectivity index (χ0n) is 12.9. The van der Waals surface area contributed by atoms with Crippen molar-refractivity contribution in [1.82, 2.24) is 5.32 Å². The van der Waals surface area contributed by atoms with Crippen LogP contribution in [0.4, 0.5) is 0 Å². The molecule has 1 fully saturated rings. The fourth-order valence-electron chi connectivity index (χ4n) is 2.16. The van der Waals surface area contributed by atoms with Gasteiger partial charge >= 0.3 is 0 Å². The number of rotatable bonds is 12. The molecule has 1 aliphatic rings. The minimum atomic E-state index is 0.106. The predicted molar refractivity (Wildman–Crippen MR) is 83.5 cm³/mol. The molecule has 1 aromatic rings. The molecule has 0 aliphatic heterocycles. The fourth-order valence-corrected chi connectivity index (χ4v) is 2.16. The van der Waals surface area contributed by atoms with Gasteiger partial charge < -0.3 is 19.5 Å². The molecule has 1 unspecified atom stereocenters. The summed E-state index contributed by atoms with van der Waals surface area (Å²) in [5.74, 6) is 0. The topological polar surface area (TPSA) is 39.7 Å². The van der Waals surface area contributed by atoms with Gasteiger partial charge in [-0.15, -0.1) is 0 Å². The van der Waals surface area contributed by atoms with Crippen molar-refractivity contribution in [3.63, 3.8) is 0 Å². The van der Waals surface area contributed by atoms with Crippen LogP contribution in [0.25, 0.3) is 0 Å². The van der Waals surface area contributed by atoms with Crippen LogP contribution in [-0.2, 0) is 14.2 Å². The number of benzene rings is 1. The van der Waals surface area contributed by atoms with E-state index in [0.29, 0.717) is 19.3 Å². The molecule has 0 bridgehead atoms. The van der Waals surface area contributed by atoms with Gasteiger partial charge in [-0.1, -0.05) is 30.3 Å². The second-order valence-corrected chi connectivity index (χ2v) is 5.41. The lowest BCUT2D eigenvalue weighted by atomic mass is 10.1. The van der Waals surface area contributed by atoms with Crippen LogP contribution in [0.5, 0.6) is 0 Å². The largest absolute Gasteiger partial charge is 0.385 e. The first-order valence-corrected chi connectivity index (χ1v) is 7.86. The third-order valence-electron chi connectivity index (χ3n) is 3.52. The molecule has 4 heteroatoms. The highest BCUT2D eigenvalue weighted by Crippen LogP contribution is 2.22. The van der Waals surface area contributed by atoms with Crippen molar-refractivity contribution in [2.75, 3.05) is 40.1 Å². The Morgan fingerprint density at radius 3 is 2.62 bits per heavy atom. The zero-order chi connectivity index (χ0) is 14.8. The van der Waals surface area contributed by atoms with E-state index in [-0.39, 0.29) is 6.10 Å². The van der Waals surface area contributed by atoms with Crippen LogP contribution < -0.4 is 5.32 Å². The van der Waals surface area contributed by atoms with Gasteiger partial charge in [-0.25, -0.2) is 0 Å². The van der Waals surface area contributed by atoms with Crippen molar-refractivity contribution < 1.29 is 14.2 Å².